The zero-order chi connectivity index (χ0) is 18.7. The average Bonchev–Trinajstić information content (AvgIpc) is 3.07. The lowest BCUT2D eigenvalue weighted by molar-refractivity contribution is -0.115. The first-order chi connectivity index (χ1) is 13.2. The van der Waals surface area contributed by atoms with Crippen molar-refractivity contribution in [2.75, 3.05) is 0 Å². The summed E-state index contributed by atoms with van der Waals surface area (Å²) >= 11 is 5.98. The van der Waals surface area contributed by atoms with Gasteiger partial charge in [0.1, 0.15) is 5.54 Å². The smallest absolute Gasteiger partial charge is 0.252 e. The van der Waals surface area contributed by atoms with E-state index in [1.807, 2.05) is 103 Å². The topological polar surface area (TPSA) is 29.1 Å². The second kappa shape index (κ2) is 7.26. The van der Waals surface area contributed by atoms with Crippen LogP contribution in [-0.4, -0.2) is 5.91 Å². The van der Waals surface area contributed by atoms with E-state index >= 15 is 0 Å². The van der Waals surface area contributed by atoms with Crippen molar-refractivity contribution in [3.8, 4) is 0 Å². The predicted molar refractivity (Wildman–Crippen MR) is 111 cm³/mol. The van der Waals surface area contributed by atoms with Crippen molar-refractivity contribution in [3.63, 3.8) is 0 Å². The van der Waals surface area contributed by atoms with Crippen LogP contribution in [0, 0.1) is 0 Å². The first-order valence-corrected chi connectivity index (χ1v) is 9.15. The lowest BCUT2D eigenvalue weighted by atomic mass is 9.88. The SMILES string of the molecule is O=C1NC(/C=C/c2ccc(Cl)cc2)(c2ccccc2)C=C1c1ccccc1. The maximum absolute atomic E-state index is 12.8. The Kier molecular flexibility index (Phi) is 4.66. The van der Waals surface area contributed by atoms with Gasteiger partial charge < -0.3 is 5.32 Å². The van der Waals surface area contributed by atoms with Crippen LogP contribution in [0.2, 0.25) is 5.02 Å². The highest BCUT2D eigenvalue weighted by Crippen LogP contribution is 2.35. The monoisotopic (exact) mass is 371 g/mol. The molecule has 1 heterocycles. The van der Waals surface area contributed by atoms with E-state index in [1.54, 1.807) is 0 Å². The van der Waals surface area contributed by atoms with Crippen LogP contribution in [0.25, 0.3) is 11.6 Å². The van der Waals surface area contributed by atoms with Gasteiger partial charge in [-0.3, -0.25) is 4.79 Å². The third kappa shape index (κ3) is 3.57. The summed E-state index contributed by atoms with van der Waals surface area (Å²) in [6.07, 6.45) is 6.04. The zero-order valence-corrected chi connectivity index (χ0v) is 15.4. The molecule has 132 valence electrons. The maximum Gasteiger partial charge on any atom is 0.252 e. The van der Waals surface area contributed by atoms with Crippen LogP contribution in [-0.2, 0) is 10.3 Å². The second-order valence-corrected chi connectivity index (χ2v) is 6.93. The molecule has 2 nitrogen and oxygen atoms in total. The zero-order valence-electron chi connectivity index (χ0n) is 14.6. The first-order valence-electron chi connectivity index (χ1n) is 8.77. The van der Waals surface area contributed by atoms with Gasteiger partial charge >= 0.3 is 0 Å². The van der Waals surface area contributed by atoms with Crippen molar-refractivity contribution in [2.24, 2.45) is 0 Å². The Morgan fingerprint density at radius 2 is 1.44 bits per heavy atom. The highest BCUT2D eigenvalue weighted by atomic mass is 35.5. The summed E-state index contributed by atoms with van der Waals surface area (Å²) in [6, 6.07) is 27.3. The number of rotatable bonds is 4. The number of carbonyl (C=O) groups excluding carboxylic acids is 1. The summed E-state index contributed by atoms with van der Waals surface area (Å²) < 4.78 is 0. The molecule has 0 radical (unpaired) electrons. The number of benzene rings is 3. The van der Waals surface area contributed by atoms with Crippen molar-refractivity contribution in [1.29, 1.82) is 0 Å². The number of nitrogens with one attached hydrogen (secondary N) is 1. The quantitative estimate of drug-likeness (QED) is 0.648. The van der Waals surface area contributed by atoms with E-state index in [-0.39, 0.29) is 5.91 Å². The van der Waals surface area contributed by atoms with Gasteiger partial charge in [0.2, 0.25) is 0 Å². The molecule has 1 aliphatic rings. The van der Waals surface area contributed by atoms with Crippen LogP contribution in [0.3, 0.4) is 0 Å². The molecular weight excluding hydrogens is 354 g/mol. The molecule has 0 fully saturated rings. The molecule has 0 saturated carbocycles. The number of hydrogen-bond donors (Lipinski definition) is 1. The Morgan fingerprint density at radius 3 is 2.11 bits per heavy atom. The Labute approximate surface area is 163 Å². The van der Waals surface area contributed by atoms with Crippen molar-refractivity contribution in [3.05, 3.63) is 119 Å². The third-order valence-corrected chi connectivity index (χ3v) is 4.93. The molecule has 3 heteroatoms. The second-order valence-electron chi connectivity index (χ2n) is 6.50. The summed E-state index contributed by atoms with van der Waals surface area (Å²) in [4.78, 5) is 12.8. The molecule has 27 heavy (non-hydrogen) atoms. The molecule has 0 bridgehead atoms. The van der Waals surface area contributed by atoms with E-state index in [2.05, 4.69) is 5.32 Å². The summed E-state index contributed by atoms with van der Waals surface area (Å²) in [5.74, 6) is -0.0780. The molecule has 3 aromatic rings. The van der Waals surface area contributed by atoms with Gasteiger partial charge in [0.25, 0.3) is 5.91 Å². The molecule has 1 amide bonds. The van der Waals surface area contributed by atoms with Crippen LogP contribution in [0.4, 0.5) is 0 Å². The highest BCUT2D eigenvalue weighted by Gasteiger charge is 2.37. The van der Waals surface area contributed by atoms with Crippen molar-refractivity contribution in [2.45, 2.75) is 5.54 Å². The van der Waals surface area contributed by atoms with E-state index in [4.69, 9.17) is 11.6 Å². The number of carbonyl (C=O) groups is 1. The lowest BCUT2D eigenvalue weighted by Crippen LogP contribution is -2.37. The van der Waals surface area contributed by atoms with E-state index in [1.165, 1.54) is 0 Å². The highest BCUT2D eigenvalue weighted by molar-refractivity contribution is 6.30. The molecule has 1 aliphatic heterocycles. The summed E-state index contributed by atoms with van der Waals surface area (Å²) in [7, 11) is 0. The van der Waals surface area contributed by atoms with Crippen LogP contribution in [0.5, 0.6) is 0 Å². The van der Waals surface area contributed by atoms with Gasteiger partial charge in [-0.05, 0) is 34.9 Å². The minimum atomic E-state index is -0.691. The molecule has 1 atom stereocenters. The van der Waals surface area contributed by atoms with Crippen LogP contribution >= 0.6 is 11.6 Å². The fourth-order valence-electron chi connectivity index (χ4n) is 3.27. The maximum atomic E-state index is 12.8. The van der Waals surface area contributed by atoms with Crippen LogP contribution in [0.15, 0.2) is 97.1 Å². The van der Waals surface area contributed by atoms with Gasteiger partial charge in [-0.2, -0.15) is 0 Å². The molecule has 0 saturated heterocycles. The van der Waals surface area contributed by atoms with Crippen molar-refractivity contribution in [1.82, 2.24) is 5.32 Å². The molecule has 0 aliphatic carbocycles. The number of amides is 1. The van der Waals surface area contributed by atoms with Crippen LogP contribution < -0.4 is 5.32 Å². The molecule has 3 aromatic carbocycles. The van der Waals surface area contributed by atoms with E-state index in [0.29, 0.717) is 10.6 Å². The van der Waals surface area contributed by atoms with E-state index in [9.17, 15) is 4.79 Å². The van der Waals surface area contributed by atoms with Crippen LogP contribution in [0.1, 0.15) is 16.7 Å². The normalized spacial score (nSPS) is 19.1. The van der Waals surface area contributed by atoms with E-state index < -0.39 is 5.54 Å². The lowest BCUT2D eigenvalue weighted by Gasteiger charge is -2.24. The molecule has 4 rings (SSSR count). The Bertz CT molecular complexity index is 1010. The molecule has 1 unspecified atom stereocenters. The average molecular weight is 372 g/mol. The Balaban J connectivity index is 1.80. The summed E-state index contributed by atoms with van der Waals surface area (Å²) in [5.41, 5.74) is 2.93. The van der Waals surface area contributed by atoms with Gasteiger partial charge in [-0.25, -0.2) is 0 Å². The van der Waals surface area contributed by atoms with E-state index in [0.717, 1.165) is 16.7 Å². The largest absolute Gasteiger partial charge is 0.335 e. The summed E-state index contributed by atoms with van der Waals surface area (Å²) in [5, 5.41) is 3.87. The fraction of sp³-hybridized carbons (Fsp3) is 0.0417. The molecule has 1 N–H and O–H groups in total. The minimum absolute atomic E-state index is 0.0780. The van der Waals surface area contributed by atoms with Gasteiger partial charge in [-0.15, -0.1) is 0 Å². The standard InChI is InChI=1S/C24H18ClNO/c25-21-13-11-18(12-14-21)15-16-24(20-9-5-2-6-10-20)17-22(23(27)26-24)19-7-3-1-4-8-19/h1-17H,(H,26,27)/b16-15+. The Hall–Kier alpha value is -3.10. The fourth-order valence-corrected chi connectivity index (χ4v) is 3.40. The van der Waals surface area contributed by atoms with Gasteiger partial charge in [0.05, 0.1) is 0 Å². The molecule has 0 spiro atoms. The summed E-state index contributed by atoms with van der Waals surface area (Å²) in [6.45, 7) is 0. The number of halogens is 1. The van der Waals surface area contributed by atoms with Gasteiger partial charge in [0.15, 0.2) is 0 Å². The van der Waals surface area contributed by atoms with Gasteiger partial charge in [0, 0.05) is 10.6 Å². The number of hydrogen-bond acceptors (Lipinski definition) is 1. The molecule has 0 aromatic heterocycles. The Morgan fingerprint density at radius 1 is 0.815 bits per heavy atom. The van der Waals surface area contributed by atoms with Gasteiger partial charge in [-0.1, -0.05) is 96.5 Å². The first kappa shape index (κ1) is 17.3. The minimum Gasteiger partial charge on any atom is -0.335 e. The molecular formula is C24H18ClNO. The third-order valence-electron chi connectivity index (χ3n) is 4.68. The van der Waals surface area contributed by atoms with Crippen molar-refractivity contribution >= 4 is 29.2 Å². The van der Waals surface area contributed by atoms with Crippen molar-refractivity contribution < 1.29 is 4.79 Å². The predicted octanol–water partition coefficient (Wildman–Crippen LogP) is 5.46.